The highest BCUT2D eigenvalue weighted by molar-refractivity contribution is 5.73. The van der Waals surface area contributed by atoms with Crippen LogP contribution >= 0.6 is 0 Å². The molecule has 0 aliphatic heterocycles. The summed E-state index contributed by atoms with van der Waals surface area (Å²) < 4.78 is 9.47. The minimum atomic E-state index is -0.580. The number of nitrogens with one attached hydrogen (secondary N) is 1. The molecule has 0 amide bonds. The van der Waals surface area contributed by atoms with Gasteiger partial charge in [0.1, 0.15) is 5.82 Å². The van der Waals surface area contributed by atoms with Gasteiger partial charge < -0.3 is 20.9 Å². The lowest BCUT2D eigenvalue weighted by Crippen LogP contribution is -2.64. The molecule has 7 nitrogen and oxygen atoms in total. The van der Waals surface area contributed by atoms with Crippen LogP contribution in [0.2, 0.25) is 0 Å². The molecular weight excluding hydrogens is 620 g/mol. The Hall–Kier alpha value is -1.86. The molecule has 2 bridgehead atoms. The number of anilines is 1. The molecular formula is C43H70N4O3. The molecule has 280 valence electrons. The predicted molar refractivity (Wildman–Crippen MR) is 201 cm³/mol. The van der Waals surface area contributed by atoms with Gasteiger partial charge in [-0.25, -0.2) is 4.68 Å². The number of aliphatic carboxylic acids is 1. The van der Waals surface area contributed by atoms with Crippen LogP contribution in [-0.2, 0) is 9.53 Å². The molecule has 7 aliphatic rings. The topological polar surface area (TPSA) is 102 Å². The Balaban J connectivity index is 1.34. The zero-order chi connectivity index (χ0) is 36.6. The number of carboxylic acid groups (broad SMARTS) is 1. The minimum Gasteiger partial charge on any atom is -0.481 e. The molecule has 0 aromatic carbocycles. The van der Waals surface area contributed by atoms with Crippen molar-refractivity contribution in [2.24, 2.45) is 73.9 Å². The van der Waals surface area contributed by atoms with E-state index in [2.05, 4.69) is 99.3 Å². The van der Waals surface area contributed by atoms with E-state index < -0.39 is 5.97 Å². The number of hydrogen-bond acceptors (Lipinski definition) is 5. The van der Waals surface area contributed by atoms with E-state index >= 15 is 0 Å². The van der Waals surface area contributed by atoms with Crippen molar-refractivity contribution >= 4 is 11.8 Å². The summed E-state index contributed by atoms with van der Waals surface area (Å²) in [5.41, 5.74) is 7.99. The molecule has 7 aliphatic carbocycles. The highest BCUT2D eigenvalue weighted by atomic mass is 16.5. The second kappa shape index (κ2) is 11.3. The molecule has 0 radical (unpaired) electrons. The summed E-state index contributed by atoms with van der Waals surface area (Å²) in [5, 5.41) is 19.6. The lowest BCUT2D eigenvalue weighted by atomic mass is 9.35. The molecule has 1 aromatic heterocycles. The number of nitrogen functional groups attached to an aromatic ring is 1. The maximum Gasteiger partial charge on any atom is 0.307 e. The van der Waals surface area contributed by atoms with Crippen molar-refractivity contribution in [1.82, 2.24) is 15.1 Å². The third-order valence-electron chi connectivity index (χ3n) is 18.9. The number of carboxylic acids is 1. The number of carbonyl (C=O) groups is 1. The number of nitrogens with zero attached hydrogens (tertiary/aromatic N) is 2. The largest absolute Gasteiger partial charge is 0.481 e. The van der Waals surface area contributed by atoms with Gasteiger partial charge in [0.25, 0.3) is 0 Å². The molecule has 50 heavy (non-hydrogen) atoms. The average molecular weight is 691 g/mol. The third-order valence-corrected chi connectivity index (χ3v) is 18.9. The molecule has 14 atom stereocenters. The van der Waals surface area contributed by atoms with Crippen molar-refractivity contribution < 1.29 is 14.6 Å². The van der Waals surface area contributed by atoms with Crippen molar-refractivity contribution in [2.75, 3.05) is 19.4 Å². The SMILES string of the molecule is CNC(C)(COC1C(n2nccc2N)CC23CCC1(C)C1CCC4C(=CCC5(C)C(C(=O)O)C(C)(C(C)C(C)C)CCC45C)C12C3C)C(C)C. The van der Waals surface area contributed by atoms with Crippen LogP contribution in [0.1, 0.15) is 134 Å². The van der Waals surface area contributed by atoms with E-state index in [1.54, 1.807) is 5.57 Å². The van der Waals surface area contributed by atoms with E-state index in [4.69, 9.17) is 15.6 Å². The molecule has 1 aromatic rings. The van der Waals surface area contributed by atoms with Crippen molar-refractivity contribution in [3.05, 3.63) is 23.9 Å². The number of nitrogens with two attached hydrogens (primary N) is 1. The van der Waals surface area contributed by atoms with Crippen LogP contribution in [0.25, 0.3) is 0 Å². The highest BCUT2D eigenvalue weighted by Gasteiger charge is 2.86. The van der Waals surface area contributed by atoms with E-state index in [-0.39, 0.29) is 56.1 Å². The predicted octanol–water partition coefficient (Wildman–Crippen LogP) is 9.01. The first kappa shape index (κ1) is 36.5. The van der Waals surface area contributed by atoms with Crippen molar-refractivity contribution in [2.45, 2.75) is 145 Å². The summed E-state index contributed by atoms with van der Waals surface area (Å²) in [6.45, 7) is 26.8. The normalized spacial score (nSPS) is 48.1. The Labute approximate surface area is 303 Å². The van der Waals surface area contributed by atoms with Gasteiger partial charge >= 0.3 is 5.97 Å². The van der Waals surface area contributed by atoms with Gasteiger partial charge in [0.15, 0.2) is 0 Å². The van der Waals surface area contributed by atoms with Crippen molar-refractivity contribution in [3.63, 3.8) is 0 Å². The second-order valence-corrected chi connectivity index (χ2v) is 20.5. The van der Waals surface area contributed by atoms with Crippen molar-refractivity contribution in [1.29, 1.82) is 0 Å². The monoisotopic (exact) mass is 691 g/mol. The Morgan fingerprint density at radius 2 is 1.80 bits per heavy atom. The molecule has 2 spiro atoms. The van der Waals surface area contributed by atoms with Gasteiger partial charge in [0, 0.05) is 11.0 Å². The van der Waals surface area contributed by atoms with Gasteiger partial charge in [-0.2, -0.15) is 5.10 Å². The molecule has 8 rings (SSSR count). The summed E-state index contributed by atoms with van der Waals surface area (Å²) in [7, 11) is 2.06. The average Bonchev–Trinajstić information content (AvgIpc) is 3.36. The first-order valence-electron chi connectivity index (χ1n) is 20.3. The van der Waals surface area contributed by atoms with E-state index in [1.807, 2.05) is 12.3 Å². The summed E-state index contributed by atoms with van der Waals surface area (Å²) in [4.78, 5) is 13.6. The van der Waals surface area contributed by atoms with Crippen LogP contribution in [0.5, 0.6) is 0 Å². The van der Waals surface area contributed by atoms with E-state index in [9.17, 15) is 9.90 Å². The van der Waals surface area contributed by atoms with Crippen LogP contribution in [0.15, 0.2) is 23.9 Å². The highest BCUT2D eigenvalue weighted by Crippen LogP contribution is 2.91. The number of fused-ring (bicyclic) bond motifs is 6. The van der Waals surface area contributed by atoms with Gasteiger partial charge in [-0.3, -0.25) is 4.79 Å². The third kappa shape index (κ3) is 4.23. The number of hydrogen-bond donors (Lipinski definition) is 3. The summed E-state index contributed by atoms with van der Waals surface area (Å²) >= 11 is 0. The van der Waals surface area contributed by atoms with Crippen molar-refractivity contribution in [3.8, 4) is 0 Å². The van der Waals surface area contributed by atoms with Crippen LogP contribution in [0.4, 0.5) is 5.82 Å². The maximum absolute atomic E-state index is 13.6. The van der Waals surface area contributed by atoms with Crippen LogP contribution in [0.3, 0.4) is 0 Å². The first-order chi connectivity index (χ1) is 23.3. The molecule has 14 unspecified atom stereocenters. The fourth-order valence-electron chi connectivity index (χ4n) is 14.8. The first-order valence-corrected chi connectivity index (χ1v) is 20.3. The van der Waals surface area contributed by atoms with E-state index in [0.29, 0.717) is 42.1 Å². The van der Waals surface area contributed by atoms with Gasteiger partial charge in [-0.05, 0) is 134 Å². The van der Waals surface area contributed by atoms with Gasteiger partial charge in [0.05, 0.1) is 30.9 Å². The summed E-state index contributed by atoms with van der Waals surface area (Å²) in [6.07, 6.45) is 13.2. The van der Waals surface area contributed by atoms with E-state index in [1.165, 1.54) is 19.3 Å². The zero-order valence-corrected chi connectivity index (χ0v) is 33.5. The molecule has 6 saturated carbocycles. The lowest BCUT2D eigenvalue weighted by molar-refractivity contribution is -0.196. The number of likely N-dealkylation sites (N-methyl/N-ethyl adjacent to an activating group) is 1. The van der Waals surface area contributed by atoms with Gasteiger partial charge in [-0.1, -0.05) is 80.9 Å². The van der Waals surface area contributed by atoms with Gasteiger partial charge in [-0.15, -0.1) is 0 Å². The van der Waals surface area contributed by atoms with Crippen LogP contribution in [-0.4, -0.2) is 46.2 Å². The quantitative estimate of drug-likeness (QED) is 0.224. The molecule has 0 saturated heterocycles. The summed E-state index contributed by atoms with van der Waals surface area (Å²) in [5.74, 6) is 2.52. The Bertz CT molecular complexity index is 1550. The lowest BCUT2D eigenvalue weighted by Gasteiger charge is -2.68. The standard InChI is InChI=1S/C43H70N4O3/c1-25(2)27(5)37(7)18-20-39(9)29-13-14-32-38(8)19-21-42(28(6)43(32,42)30(29)15-17-40(39,10)34(37)36(48)49)23-31(47-33(44)16-22-46-47)35(38)50-24-41(11,45-12)26(3)4/h15-16,22,25-29,31-32,34-35,45H,13-14,17-21,23-24,44H2,1-12H3,(H,48,49). The van der Waals surface area contributed by atoms with Crippen LogP contribution in [0, 0.1) is 73.9 Å². The van der Waals surface area contributed by atoms with E-state index in [0.717, 1.165) is 37.9 Å². The minimum absolute atomic E-state index is 0.00303. The number of aromatic nitrogens is 2. The summed E-state index contributed by atoms with van der Waals surface area (Å²) in [6, 6.07) is 2.03. The molecule has 7 heteroatoms. The zero-order valence-electron chi connectivity index (χ0n) is 33.5. The Morgan fingerprint density at radius 1 is 1.10 bits per heavy atom. The smallest absolute Gasteiger partial charge is 0.307 e. The Morgan fingerprint density at radius 3 is 2.38 bits per heavy atom. The number of allylic oxidation sites excluding steroid dienone is 2. The Kier molecular flexibility index (Phi) is 8.27. The van der Waals surface area contributed by atoms with Gasteiger partial charge in [0.2, 0.25) is 0 Å². The second-order valence-electron chi connectivity index (χ2n) is 20.5. The number of ether oxygens (including phenoxy) is 1. The fourth-order valence-corrected chi connectivity index (χ4v) is 14.8. The molecule has 4 N–H and O–H groups in total. The van der Waals surface area contributed by atoms with Crippen LogP contribution < -0.4 is 11.1 Å². The fraction of sp³-hybridized carbons (Fsp3) is 0.860. The molecule has 1 heterocycles. The molecule has 6 fully saturated rings. The number of rotatable bonds is 9. The maximum atomic E-state index is 13.6.